The molecule has 2 fully saturated rings. The van der Waals surface area contributed by atoms with Gasteiger partial charge in [-0.3, -0.25) is 9.69 Å². The Hall–Kier alpha value is -1.36. The van der Waals surface area contributed by atoms with Gasteiger partial charge in [-0.2, -0.15) is 0 Å². The number of urea groups is 1. The Labute approximate surface area is 127 Å². The predicted molar refractivity (Wildman–Crippen MR) is 82.7 cm³/mol. The second-order valence-corrected chi connectivity index (χ2v) is 6.53. The summed E-state index contributed by atoms with van der Waals surface area (Å²) in [6.07, 6.45) is 3.92. The van der Waals surface area contributed by atoms with Crippen molar-refractivity contribution in [3.05, 3.63) is 12.2 Å². The molecule has 2 rings (SSSR count). The summed E-state index contributed by atoms with van der Waals surface area (Å²) in [4.78, 5) is 28.6. The monoisotopic (exact) mass is 293 g/mol. The average Bonchev–Trinajstić information content (AvgIpc) is 2.66. The number of carbonyl (C=O) groups is 2. The largest absolute Gasteiger partial charge is 0.326 e. The van der Waals surface area contributed by atoms with Gasteiger partial charge in [-0.1, -0.05) is 38.8 Å². The van der Waals surface area contributed by atoms with Crippen molar-refractivity contribution in [3.63, 3.8) is 0 Å². The van der Waals surface area contributed by atoms with Gasteiger partial charge in [-0.25, -0.2) is 9.69 Å². The maximum absolute atomic E-state index is 12.8. The molecule has 0 radical (unpaired) electrons. The highest BCUT2D eigenvalue weighted by molar-refractivity contribution is 6.07. The summed E-state index contributed by atoms with van der Waals surface area (Å²) in [5, 5.41) is 2.99. The quantitative estimate of drug-likeness (QED) is 0.625. The maximum atomic E-state index is 12.8. The molecular weight excluding hydrogens is 266 g/mol. The first-order chi connectivity index (χ1) is 9.90. The van der Waals surface area contributed by atoms with Gasteiger partial charge in [0.2, 0.25) is 0 Å². The van der Waals surface area contributed by atoms with Crippen molar-refractivity contribution in [2.24, 2.45) is 5.92 Å². The summed E-state index contributed by atoms with van der Waals surface area (Å²) in [5.74, 6) is 0.170. The van der Waals surface area contributed by atoms with Crippen LogP contribution in [0.2, 0.25) is 0 Å². The van der Waals surface area contributed by atoms with Crippen LogP contribution in [0.1, 0.15) is 46.5 Å². The molecule has 1 heterocycles. The standard InChI is InChI=1S/C16H27N3O2/c1-5-18(10-12(2)3)11-19-14(20)16(17-15(19)21)9-7-6-8-13(16)4/h13H,2,5-11H2,1,3-4H3,(H,17,21)/t13-,16+/m0/s1. The molecule has 0 aromatic rings. The fourth-order valence-electron chi connectivity index (χ4n) is 3.47. The minimum Gasteiger partial charge on any atom is -0.323 e. The highest BCUT2D eigenvalue weighted by atomic mass is 16.2. The summed E-state index contributed by atoms with van der Waals surface area (Å²) in [6, 6.07) is -0.242. The molecule has 1 saturated carbocycles. The minimum absolute atomic E-state index is 0.0418. The van der Waals surface area contributed by atoms with E-state index in [0.717, 1.165) is 37.8 Å². The smallest absolute Gasteiger partial charge is 0.323 e. The van der Waals surface area contributed by atoms with E-state index in [1.165, 1.54) is 4.90 Å². The van der Waals surface area contributed by atoms with Crippen molar-refractivity contribution >= 4 is 11.9 Å². The lowest BCUT2D eigenvalue weighted by Gasteiger charge is -2.37. The van der Waals surface area contributed by atoms with Gasteiger partial charge in [0.15, 0.2) is 0 Å². The van der Waals surface area contributed by atoms with Crippen molar-refractivity contribution < 1.29 is 9.59 Å². The van der Waals surface area contributed by atoms with Gasteiger partial charge < -0.3 is 5.32 Å². The van der Waals surface area contributed by atoms with E-state index in [2.05, 4.69) is 23.7 Å². The Morgan fingerprint density at radius 3 is 2.76 bits per heavy atom. The zero-order valence-corrected chi connectivity index (χ0v) is 13.4. The van der Waals surface area contributed by atoms with Crippen LogP contribution in [-0.4, -0.2) is 47.0 Å². The Balaban J connectivity index is 2.12. The molecule has 21 heavy (non-hydrogen) atoms. The lowest BCUT2D eigenvalue weighted by atomic mass is 9.73. The average molecular weight is 293 g/mol. The number of nitrogens with zero attached hydrogens (tertiary/aromatic N) is 2. The fraction of sp³-hybridized carbons (Fsp3) is 0.750. The molecule has 5 nitrogen and oxygen atoms in total. The predicted octanol–water partition coefficient (Wildman–Crippen LogP) is 2.34. The first-order valence-electron chi connectivity index (χ1n) is 7.91. The van der Waals surface area contributed by atoms with E-state index in [1.807, 2.05) is 13.8 Å². The molecule has 118 valence electrons. The molecule has 0 unspecified atom stereocenters. The molecule has 2 aliphatic rings. The van der Waals surface area contributed by atoms with Crippen molar-refractivity contribution in [2.75, 3.05) is 19.8 Å². The van der Waals surface area contributed by atoms with Crippen molar-refractivity contribution in [1.29, 1.82) is 0 Å². The van der Waals surface area contributed by atoms with Crippen molar-refractivity contribution in [2.45, 2.75) is 52.0 Å². The molecule has 1 N–H and O–H groups in total. The van der Waals surface area contributed by atoms with Crippen LogP contribution < -0.4 is 5.32 Å². The van der Waals surface area contributed by atoms with E-state index in [0.29, 0.717) is 13.2 Å². The highest BCUT2D eigenvalue weighted by Crippen LogP contribution is 2.38. The molecule has 1 aliphatic heterocycles. The van der Waals surface area contributed by atoms with Gasteiger partial charge >= 0.3 is 6.03 Å². The zero-order valence-electron chi connectivity index (χ0n) is 13.4. The third-order valence-electron chi connectivity index (χ3n) is 4.78. The number of hydrogen-bond acceptors (Lipinski definition) is 3. The summed E-state index contributed by atoms with van der Waals surface area (Å²) < 4.78 is 0. The van der Waals surface area contributed by atoms with Crippen LogP contribution in [0.3, 0.4) is 0 Å². The van der Waals surface area contributed by atoms with E-state index in [-0.39, 0.29) is 17.9 Å². The summed E-state index contributed by atoms with van der Waals surface area (Å²) in [6.45, 7) is 11.8. The number of carbonyl (C=O) groups excluding carboxylic acids is 2. The van der Waals surface area contributed by atoms with Gasteiger partial charge in [0.25, 0.3) is 5.91 Å². The second-order valence-electron chi connectivity index (χ2n) is 6.53. The Morgan fingerprint density at radius 1 is 1.48 bits per heavy atom. The molecular formula is C16H27N3O2. The molecule has 3 amide bonds. The van der Waals surface area contributed by atoms with Crippen molar-refractivity contribution in [3.8, 4) is 0 Å². The number of imide groups is 1. The van der Waals surface area contributed by atoms with E-state index >= 15 is 0 Å². The fourth-order valence-corrected chi connectivity index (χ4v) is 3.47. The Bertz CT molecular complexity index is 449. The summed E-state index contributed by atoms with van der Waals surface area (Å²) in [5.41, 5.74) is 0.377. The molecule has 5 heteroatoms. The highest BCUT2D eigenvalue weighted by Gasteiger charge is 2.54. The van der Waals surface area contributed by atoms with Crippen LogP contribution >= 0.6 is 0 Å². The third kappa shape index (κ3) is 2.98. The molecule has 1 saturated heterocycles. The summed E-state index contributed by atoms with van der Waals surface area (Å²) >= 11 is 0. The first kappa shape index (κ1) is 16.0. The number of amides is 3. The Morgan fingerprint density at radius 2 is 2.19 bits per heavy atom. The molecule has 0 bridgehead atoms. The molecule has 0 aromatic carbocycles. The number of hydrogen-bond donors (Lipinski definition) is 1. The number of nitrogens with one attached hydrogen (secondary N) is 1. The van der Waals surface area contributed by atoms with Crippen LogP contribution in [0.5, 0.6) is 0 Å². The van der Waals surface area contributed by atoms with Crippen LogP contribution in [0, 0.1) is 5.92 Å². The van der Waals surface area contributed by atoms with Gasteiger partial charge in [0, 0.05) is 6.54 Å². The van der Waals surface area contributed by atoms with E-state index < -0.39 is 5.54 Å². The SMILES string of the molecule is C=C(C)CN(CC)CN1C(=O)N[C@@]2(CCCC[C@@H]2C)C1=O. The van der Waals surface area contributed by atoms with Crippen LogP contribution in [0.25, 0.3) is 0 Å². The van der Waals surface area contributed by atoms with E-state index in [1.54, 1.807) is 0 Å². The lowest BCUT2D eigenvalue weighted by Crippen LogP contribution is -2.54. The lowest BCUT2D eigenvalue weighted by molar-refractivity contribution is -0.135. The van der Waals surface area contributed by atoms with Gasteiger partial charge in [0.05, 0.1) is 6.67 Å². The molecule has 2 atom stereocenters. The topological polar surface area (TPSA) is 52.6 Å². The van der Waals surface area contributed by atoms with E-state index in [4.69, 9.17) is 0 Å². The van der Waals surface area contributed by atoms with Gasteiger partial charge in [-0.15, -0.1) is 0 Å². The van der Waals surface area contributed by atoms with Crippen molar-refractivity contribution in [1.82, 2.24) is 15.1 Å². The van der Waals surface area contributed by atoms with Gasteiger partial charge in [0.1, 0.15) is 5.54 Å². The molecule has 0 aromatic heterocycles. The van der Waals surface area contributed by atoms with E-state index in [9.17, 15) is 9.59 Å². The minimum atomic E-state index is -0.655. The number of likely N-dealkylation sites (N-methyl/N-ethyl adjacent to an activating group) is 1. The maximum Gasteiger partial charge on any atom is 0.326 e. The Kier molecular flexibility index (Phi) is 4.71. The normalized spacial score (nSPS) is 29.3. The van der Waals surface area contributed by atoms with Gasteiger partial charge in [-0.05, 0) is 32.2 Å². The zero-order chi connectivity index (χ0) is 15.6. The van der Waals surface area contributed by atoms with Crippen LogP contribution in [-0.2, 0) is 4.79 Å². The molecule has 1 aliphatic carbocycles. The molecule has 1 spiro atoms. The summed E-state index contributed by atoms with van der Waals surface area (Å²) in [7, 11) is 0. The van der Waals surface area contributed by atoms with Crippen LogP contribution in [0.15, 0.2) is 12.2 Å². The van der Waals surface area contributed by atoms with Crippen LogP contribution in [0.4, 0.5) is 4.79 Å². The number of rotatable bonds is 5. The third-order valence-corrected chi connectivity index (χ3v) is 4.78. The first-order valence-corrected chi connectivity index (χ1v) is 7.91. The second kappa shape index (κ2) is 6.18.